The molecule has 1 fully saturated rings. The van der Waals surface area contributed by atoms with Gasteiger partial charge in [0, 0.05) is 29.5 Å². The molecule has 0 bridgehead atoms. The first-order chi connectivity index (χ1) is 13.0. The Labute approximate surface area is 179 Å². The van der Waals surface area contributed by atoms with Gasteiger partial charge in [-0.25, -0.2) is 0 Å². The van der Waals surface area contributed by atoms with Crippen LogP contribution in [0.4, 0.5) is 0 Å². The van der Waals surface area contributed by atoms with Gasteiger partial charge in [-0.15, -0.1) is 0 Å². The molecule has 2 N–H and O–H groups in total. The lowest BCUT2D eigenvalue weighted by Gasteiger charge is -2.32. The number of carbonyl (C=O) groups is 2. The van der Waals surface area contributed by atoms with Crippen LogP contribution < -0.4 is 10.6 Å². The van der Waals surface area contributed by atoms with E-state index in [0.29, 0.717) is 31.6 Å². The minimum atomic E-state index is -0.423. The van der Waals surface area contributed by atoms with Crippen molar-refractivity contribution in [2.24, 2.45) is 0 Å². The predicted octanol–water partition coefficient (Wildman–Crippen LogP) is 4.47. The Morgan fingerprint density at radius 3 is 2.54 bits per heavy atom. The molecule has 0 radical (unpaired) electrons. The minimum absolute atomic E-state index is 0.0913. The summed E-state index contributed by atoms with van der Waals surface area (Å²) in [5, 5.41) is 6.70. The quantitative estimate of drug-likeness (QED) is 0.256. The van der Waals surface area contributed by atoms with Crippen molar-refractivity contribution >= 4 is 33.4 Å². The highest BCUT2D eigenvalue weighted by atomic mass is 33.1. The molecule has 0 aliphatic carbocycles. The Morgan fingerprint density at radius 1 is 1.21 bits per heavy atom. The molecule has 1 atom stereocenters. The first-order valence-corrected chi connectivity index (χ1v) is 12.6. The van der Waals surface area contributed by atoms with Crippen molar-refractivity contribution in [1.82, 2.24) is 10.6 Å². The Hall–Kier alpha value is -0.660. The Morgan fingerprint density at radius 2 is 1.93 bits per heavy atom. The van der Waals surface area contributed by atoms with Crippen LogP contribution in [-0.2, 0) is 14.3 Å². The van der Waals surface area contributed by atoms with Crippen molar-refractivity contribution in [3.63, 3.8) is 0 Å². The Bertz CT molecular complexity index is 530. The van der Waals surface area contributed by atoms with E-state index in [-0.39, 0.29) is 17.4 Å². The summed E-state index contributed by atoms with van der Waals surface area (Å²) in [6.07, 6.45) is 5.84. The smallest absolute Gasteiger partial charge is 0.246 e. The van der Waals surface area contributed by atoms with Gasteiger partial charge in [-0.2, -0.15) is 0 Å². The molecule has 0 spiro atoms. The normalized spacial score (nSPS) is 17.4. The largest absolute Gasteiger partial charge is 0.373 e. The highest BCUT2D eigenvalue weighted by molar-refractivity contribution is 8.77. The minimum Gasteiger partial charge on any atom is -0.373 e. The molecular weight excluding hydrogens is 392 g/mol. The number of rotatable bonds is 13. The summed E-state index contributed by atoms with van der Waals surface area (Å²) in [4.78, 5) is 23.8. The first-order valence-electron chi connectivity index (χ1n) is 10.2. The lowest BCUT2D eigenvalue weighted by atomic mass is 10.0. The van der Waals surface area contributed by atoms with Crippen molar-refractivity contribution in [2.75, 3.05) is 18.9 Å². The third-order valence-electron chi connectivity index (χ3n) is 4.61. The topological polar surface area (TPSA) is 67.4 Å². The van der Waals surface area contributed by atoms with Crippen LogP contribution in [0.3, 0.4) is 0 Å². The molecule has 0 aromatic carbocycles. The highest BCUT2D eigenvalue weighted by Crippen LogP contribution is 2.39. The van der Waals surface area contributed by atoms with Crippen LogP contribution in [-0.4, -0.2) is 47.1 Å². The van der Waals surface area contributed by atoms with E-state index in [1.165, 1.54) is 18.6 Å². The lowest BCUT2D eigenvalue weighted by Crippen LogP contribution is -2.49. The van der Waals surface area contributed by atoms with Gasteiger partial charge in [0.1, 0.15) is 0 Å². The van der Waals surface area contributed by atoms with Gasteiger partial charge in [-0.1, -0.05) is 34.6 Å². The second-order valence-electron chi connectivity index (χ2n) is 8.84. The molecule has 1 saturated heterocycles. The molecule has 0 aromatic rings. The average Bonchev–Trinajstić information content (AvgIpc) is 3.10. The molecular formula is C21H38N2O3S2. The Balaban J connectivity index is 2.22. The van der Waals surface area contributed by atoms with Crippen molar-refractivity contribution < 1.29 is 14.3 Å². The van der Waals surface area contributed by atoms with Crippen LogP contribution >= 0.6 is 21.6 Å². The summed E-state index contributed by atoms with van der Waals surface area (Å²) >= 11 is 0. The summed E-state index contributed by atoms with van der Waals surface area (Å²) in [5.41, 5.74) is -0.308. The van der Waals surface area contributed by atoms with Gasteiger partial charge in [0.25, 0.3) is 0 Å². The molecule has 28 heavy (non-hydrogen) atoms. The van der Waals surface area contributed by atoms with Gasteiger partial charge in [-0.3, -0.25) is 9.59 Å². The van der Waals surface area contributed by atoms with E-state index in [9.17, 15) is 9.59 Å². The number of unbranched alkanes of at least 4 members (excludes halogenated alkanes) is 1. The summed E-state index contributed by atoms with van der Waals surface area (Å²) in [6.45, 7) is 14.2. The fourth-order valence-electron chi connectivity index (χ4n) is 2.77. The van der Waals surface area contributed by atoms with Gasteiger partial charge in [0.05, 0.1) is 17.7 Å². The van der Waals surface area contributed by atoms with E-state index in [1.54, 1.807) is 6.92 Å². The van der Waals surface area contributed by atoms with Gasteiger partial charge in [-0.05, 0) is 60.3 Å². The first kappa shape index (κ1) is 25.4. The van der Waals surface area contributed by atoms with Crippen LogP contribution in [0.1, 0.15) is 73.1 Å². The molecule has 0 saturated carbocycles. The number of nitrogens with one attached hydrogen (secondary N) is 2. The molecule has 162 valence electrons. The number of amides is 2. The standard InChI is InChI=1S/C21H38N2O3S2/c1-16(2)19(25)22-13-12-21(5,6)26-15-20(3,4)23-18(24)10-8-7-9-17-11-14-27-28-17/h17H,1,7-15H2,2-6H3,(H,22,25)(H,23,24). The monoisotopic (exact) mass is 430 g/mol. The number of carbonyl (C=O) groups excluding carboxylic acids is 2. The molecule has 1 heterocycles. The molecule has 1 aliphatic rings. The average molecular weight is 431 g/mol. The predicted molar refractivity (Wildman–Crippen MR) is 122 cm³/mol. The van der Waals surface area contributed by atoms with E-state index in [4.69, 9.17) is 4.74 Å². The van der Waals surface area contributed by atoms with E-state index in [0.717, 1.165) is 18.1 Å². The molecule has 2 amide bonds. The lowest BCUT2D eigenvalue weighted by molar-refractivity contribution is -0.125. The molecule has 1 rings (SSSR count). The SMILES string of the molecule is C=C(C)C(=O)NCCC(C)(C)OCC(C)(C)NC(=O)CCCCC1CCSS1. The second kappa shape index (κ2) is 12.1. The van der Waals surface area contributed by atoms with Crippen LogP contribution in [0.2, 0.25) is 0 Å². The molecule has 7 heteroatoms. The summed E-state index contributed by atoms with van der Waals surface area (Å²) in [6, 6.07) is 0. The van der Waals surface area contributed by atoms with Crippen molar-refractivity contribution in [3.8, 4) is 0 Å². The van der Waals surface area contributed by atoms with Crippen molar-refractivity contribution in [3.05, 3.63) is 12.2 Å². The zero-order valence-electron chi connectivity index (χ0n) is 18.2. The van der Waals surface area contributed by atoms with Crippen molar-refractivity contribution in [2.45, 2.75) is 89.5 Å². The van der Waals surface area contributed by atoms with Crippen LogP contribution in [0.15, 0.2) is 12.2 Å². The number of ether oxygens (including phenoxy) is 1. The maximum Gasteiger partial charge on any atom is 0.246 e. The summed E-state index contributed by atoms with van der Waals surface area (Å²) < 4.78 is 6.04. The second-order valence-corrected chi connectivity index (χ2v) is 11.6. The van der Waals surface area contributed by atoms with Gasteiger partial charge in [0.15, 0.2) is 0 Å². The third-order valence-corrected chi connectivity index (χ3v) is 7.62. The maximum atomic E-state index is 12.3. The van der Waals surface area contributed by atoms with E-state index >= 15 is 0 Å². The molecule has 1 aliphatic heterocycles. The van der Waals surface area contributed by atoms with E-state index < -0.39 is 5.54 Å². The highest BCUT2D eigenvalue weighted by Gasteiger charge is 2.26. The fourth-order valence-corrected chi connectivity index (χ4v) is 5.80. The van der Waals surface area contributed by atoms with Crippen molar-refractivity contribution in [1.29, 1.82) is 0 Å². The number of hydrogen-bond acceptors (Lipinski definition) is 5. The van der Waals surface area contributed by atoms with Crippen LogP contribution in [0.25, 0.3) is 0 Å². The summed E-state index contributed by atoms with van der Waals surface area (Å²) in [7, 11) is 3.97. The van der Waals surface area contributed by atoms with Gasteiger partial charge in [0.2, 0.25) is 11.8 Å². The maximum absolute atomic E-state index is 12.3. The molecule has 5 nitrogen and oxygen atoms in total. The Kier molecular flexibility index (Phi) is 11.0. The summed E-state index contributed by atoms with van der Waals surface area (Å²) in [5.74, 6) is 1.22. The van der Waals surface area contributed by atoms with Gasteiger partial charge < -0.3 is 15.4 Å². The zero-order chi connectivity index (χ0) is 21.2. The van der Waals surface area contributed by atoms with E-state index in [1.807, 2.05) is 49.3 Å². The molecule has 1 unspecified atom stereocenters. The zero-order valence-corrected chi connectivity index (χ0v) is 19.8. The third kappa shape index (κ3) is 11.4. The number of hydrogen-bond donors (Lipinski definition) is 2. The van der Waals surface area contributed by atoms with Crippen LogP contribution in [0, 0.1) is 0 Å². The van der Waals surface area contributed by atoms with Gasteiger partial charge >= 0.3 is 0 Å². The molecule has 0 aromatic heterocycles. The fraction of sp³-hybridized carbons (Fsp3) is 0.810. The van der Waals surface area contributed by atoms with E-state index in [2.05, 4.69) is 17.2 Å². The van der Waals surface area contributed by atoms with Crippen LogP contribution in [0.5, 0.6) is 0 Å².